The molecule has 0 saturated carbocycles. The number of amides is 2. The van der Waals surface area contributed by atoms with Gasteiger partial charge in [-0.15, -0.1) is 0 Å². The van der Waals surface area contributed by atoms with Gasteiger partial charge in [-0.3, -0.25) is 24.9 Å². The third-order valence-corrected chi connectivity index (χ3v) is 8.13. The Balaban J connectivity index is 1.26. The maximum absolute atomic E-state index is 13.6. The van der Waals surface area contributed by atoms with Crippen molar-refractivity contribution in [2.24, 2.45) is 11.3 Å². The highest BCUT2D eigenvalue weighted by Gasteiger charge is 2.44. The molecular formula is C29H44N6O4. The summed E-state index contributed by atoms with van der Waals surface area (Å²) in [4.78, 5) is 36.7. The van der Waals surface area contributed by atoms with Gasteiger partial charge in [0.15, 0.2) is 0 Å². The topological polar surface area (TPSA) is 111 Å². The Bertz CT molecular complexity index is 1010. The fourth-order valence-electron chi connectivity index (χ4n) is 5.71. The third kappa shape index (κ3) is 8.13. The molecular weight excluding hydrogens is 496 g/mol. The Kier molecular flexibility index (Phi) is 9.81. The average Bonchev–Trinajstić information content (AvgIpc) is 2.93. The largest absolute Gasteiger partial charge is 0.444 e. The quantitative estimate of drug-likeness (QED) is 0.560. The van der Waals surface area contributed by atoms with Crippen molar-refractivity contribution in [2.45, 2.75) is 65.0 Å². The molecule has 3 saturated heterocycles. The lowest BCUT2D eigenvalue weighted by Crippen LogP contribution is -2.51. The second-order valence-corrected chi connectivity index (χ2v) is 12.1. The first-order valence-corrected chi connectivity index (χ1v) is 14.3. The van der Waals surface area contributed by atoms with Gasteiger partial charge < -0.3 is 14.4 Å². The third-order valence-electron chi connectivity index (χ3n) is 8.13. The molecule has 2 amide bonds. The number of likely N-dealkylation sites (tertiary alicyclic amines) is 2. The normalized spacial score (nSPS) is 21.2. The van der Waals surface area contributed by atoms with Crippen LogP contribution in [-0.2, 0) is 20.8 Å². The number of hydrogen-bond donors (Lipinski definition) is 1. The van der Waals surface area contributed by atoms with Crippen LogP contribution < -0.4 is 5.32 Å². The minimum Gasteiger partial charge on any atom is -0.444 e. The smallest absolute Gasteiger partial charge is 0.412 e. The molecule has 39 heavy (non-hydrogen) atoms. The molecule has 1 aromatic heterocycles. The van der Waals surface area contributed by atoms with Crippen molar-refractivity contribution in [1.29, 1.82) is 5.26 Å². The summed E-state index contributed by atoms with van der Waals surface area (Å²) >= 11 is 0. The monoisotopic (exact) mass is 540 g/mol. The van der Waals surface area contributed by atoms with Crippen LogP contribution in [0.4, 0.5) is 10.5 Å². The first kappa shape index (κ1) is 29.2. The summed E-state index contributed by atoms with van der Waals surface area (Å²) in [5, 5.41) is 12.9. The Hall–Kier alpha value is -2.74. The molecule has 10 nitrogen and oxygen atoms in total. The lowest BCUT2D eigenvalue weighted by atomic mass is 9.77. The molecule has 4 rings (SSSR count). The highest BCUT2D eigenvalue weighted by molar-refractivity contribution is 5.86. The Labute approximate surface area is 232 Å². The van der Waals surface area contributed by atoms with Crippen LogP contribution in [0.3, 0.4) is 0 Å². The number of ether oxygens (including phenoxy) is 2. The van der Waals surface area contributed by atoms with Gasteiger partial charge in [0.25, 0.3) is 0 Å². The highest BCUT2D eigenvalue weighted by Crippen LogP contribution is 2.35. The molecule has 0 radical (unpaired) electrons. The summed E-state index contributed by atoms with van der Waals surface area (Å²) in [6, 6.07) is 4.30. The Morgan fingerprint density at radius 2 is 1.82 bits per heavy atom. The summed E-state index contributed by atoms with van der Waals surface area (Å²) in [6.45, 7) is 13.6. The zero-order valence-electron chi connectivity index (χ0n) is 23.8. The van der Waals surface area contributed by atoms with Crippen LogP contribution in [-0.4, -0.2) is 96.3 Å². The molecule has 4 heterocycles. The molecule has 0 aromatic carbocycles. The van der Waals surface area contributed by atoms with Crippen LogP contribution in [0.15, 0.2) is 18.5 Å². The Morgan fingerprint density at radius 3 is 2.46 bits per heavy atom. The van der Waals surface area contributed by atoms with Gasteiger partial charge in [0.05, 0.1) is 31.2 Å². The van der Waals surface area contributed by atoms with E-state index in [1.54, 1.807) is 12.4 Å². The van der Waals surface area contributed by atoms with Crippen molar-refractivity contribution in [1.82, 2.24) is 19.7 Å². The van der Waals surface area contributed by atoms with Crippen LogP contribution in [0.1, 0.15) is 58.4 Å². The summed E-state index contributed by atoms with van der Waals surface area (Å²) in [7, 11) is 0. The minimum absolute atomic E-state index is 0.00692. The molecule has 0 unspecified atom stereocenters. The number of hydrogen-bond acceptors (Lipinski definition) is 8. The van der Waals surface area contributed by atoms with Crippen molar-refractivity contribution in [3.05, 3.63) is 24.0 Å². The number of piperidine rings is 2. The van der Waals surface area contributed by atoms with Crippen molar-refractivity contribution >= 4 is 17.7 Å². The fourth-order valence-corrected chi connectivity index (χ4v) is 5.71. The zero-order valence-corrected chi connectivity index (χ0v) is 23.8. The van der Waals surface area contributed by atoms with Crippen LogP contribution in [0.5, 0.6) is 0 Å². The molecule has 0 atom stereocenters. The van der Waals surface area contributed by atoms with E-state index in [0.717, 1.165) is 64.3 Å². The zero-order chi connectivity index (χ0) is 27.9. The number of aromatic nitrogens is 1. The number of anilines is 1. The van der Waals surface area contributed by atoms with Crippen molar-refractivity contribution in [3.63, 3.8) is 0 Å². The molecule has 1 aromatic rings. The van der Waals surface area contributed by atoms with E-state index in [2.05, 4.69) is 26.2 Å². The van der Waals surface area contributed by atoms with Gasteiger partial charge >= 0.3 is 6.09 Å². The van der Waals surface area contributed by atoms with Crippen LogP contribution in [0.2, 0.25) is 0 Å². The summed E-state index contributed by atoms with van der Waals surface area (Å²) < 4.78 is 10.8. The van der Waals surface area contributed by atoms with Gasteiger partial charge in [-0.1, -0.05) is 0 Å². The lowest BCUT2D eigenvalue weighted by molar-refractivity contribution is -0.143. The van der Waals surface area contributed by atoms with Crippen LogP contribution >= 0.6 is 0 Å². The van der Waals surface area contributed by atoms with E-state index in [1.165, 1.54) is 6.42 Å². The average molecular weight is 541 g/mol. The van der Waals surface area contributed by atoms with E-state index in [0.29, 0.717) is 44.1 Å². The molecule has 0 spiro atoms. The van der Waals surface area contributed by atoms with Gasteiger partial charge in [-0.2, -0.15) is 5.26 Å². The maximum atomic E-state index is 13.6. The number of rotatable bonds is 7. The molecule has 3 aliphatic rings. The number of morpholine rings is 1. The van der Waals surface area contributed by atoms with E-state index in [-0.39, 0.29) is 5.91 Å². The molecule has 3 fully saturated rings. The first-order chi connectivity index (χ1) is 18.7. The second kappa shape index (κ2) is 13.1. The van der Waals surface area contributed by atoms with Gasteiger partial charge in [-0.25, -0.2) is 4.79 Å². The van der Waals surface area contributed by atoms with E-state index in [9.17, 15) is 14.9 Å². The van der Waals surface area contributed by atoms with Gasteiger partial charge in [0.2, 0.25) is 5.91 Å². The molecule has 10 heteroatoms. The first-order valence-electron chi connectivity index (χ1n) is 14.3. The number of nitrogens with one attached hydrogen (secondary N) is 1. The van der Waals surface area contributed by atoms with E-state index in [1.807, 2.05) is 31.7 Å². The van der Waals surface area contributed by atoms with Crippen molar-refractivity contribution in [3.8, 4) is 6.07 Å². The second-order valence-electron chi connectivity index (χ2n) is 12.1. The minimum atomic E-state index is -0.951. The Morgan fingerprint density at radius 1 is 1.13 bits per heavy atom. The number of carbonyl (C=O) groups is 2. The van der Waals surface area contributed by atoms with Crippen molar-refractivity contribution < 1.29 is 19.1 Å². The number of nitrogens with zero attached hydrogens (tertiary/aromatic N) is 5. The van der Waals surface area contributed by atoms with Crippen LogP contribution in [0.25, 0.3) is 0 Å². The summed E-state index contributed by atoms with van der Waals surface area (Å²) in [5.41, 5.74) is -0.0142. The predicted molar refractivity (Wildman–Crippen MR) is 148 cm³/mol. The molecule has 214 valence electrons. The molecule has 0 bridgehead atoms. The van der Waals surface area contributed by atoms with E-state index in [4.69, 9.17) is 9.47 Å². The fraction of sp³-hybridized carbons (Fsp3) is 0.724. The predicted octanol–water partition coefficient (Wildman–Crippen LogP) is 3.50. The lowest BCUT2D eigenvalue weighted by Gasteiger charge is -2.41. The standard InChI is InChI=1S/C29H44N6O4/c1-28(2,3)39-27(37)32-25-20-31-10-4-24(25)21-34-14-8-29(22-30,9-15-34)26(36)35-12-6-23(7-13-35)5-11-33-16-18-38-19-17-33/h4,10,20,23H,5-9,11-19,21H2,1-3H3,(H,32,37). The SMILES string of the molecule is CC(C)(C)OC(=O)Nc1cnccc1CN1CCC(C#N)(C(=O)N2CCC(CCN3CCOCC3)CC2)CC1. The highest BCUT2D eigenvalue weighted by atomic mass is 16.6. The van der Waals surface area contributed by atoms with Gasteiger partial charge in [-0.05, 0) is 77.0 Å². The number of pyridine rings is 1. The van der Waals surface area contributed by atoms with Gasteiger partial charge in [0, 0.05) is 52.0 Å². The summed E-state index contributed by atoms with van der Waals surface area (Å²) in [6.07, 6.45) is 7.02. The van der Waals surface area contributed by atoms with Crippen LogP contribution in [0, 0.1) is 22.7 Å². The number of carbonyl (C=O) groups excluding carboxylic acids is 2. The van der Waals surface area contributed by atoms with Crippen molar-refractivity contribution in [2.75, 3.05) is 64.3 Å². The maximum Gasteiger partial charge on any atom is 0.412 e. The van der Waals surface area contributed by atoms with E-state index >= 15 is 0 Å². The van der Waals surface area contributed by atoms with Gasteiger partial charge in [0.1, 0.15) is 11.0 Å². The molecule has 0 aliphatic carbocycles. The van der Waals surface area contributed by atoms with E-state index < -0.39 is 17.1 Å². The molecule has 3 aliphatic heterocycles. The molecule has 1 N–H and O–H groups in total. The number of nitriles is 1. The summed E-state index contributed by atoms with van der Waals surface area (Å²) in [5.74, 6) is 0.646.